The first-order valence-corrected chi connectivity index (χ1v) is 14.0. The Morgan fingerprint density at radius 3 is 2.26 bits per heavy atom. The molecule has 1 amide bonds. The average molecular weight is 531 g/mol. The number of esters is 1. The molecule has 208 valence electrons. The second-order valence-electron chi connectivity index (χ2n) is 10.1. The second-order valence-corrected chi connectivity index (χ2v) is 10.1. The van der Waals surface area contributed by atoms with Crippen LogP contribution in [0.25, 0.3) is 0 Å². The Bertz CT molecular complexity index is 1170. The van der Waals surface area contributed by atoms with Crippen molar-refractivity contribution in [1.29, 1.82) is 0 Å². The molecular formula is C33H42N2O4. The lowest BCUT2D eigenvalue weighted by Crippen LogP contribution is -2.23. The van der Waals surface area contributed by atoms with Gasteiger partial charge in [0.25, 0.3) is 5.91 Å². The van der Waals surface area contributed by atoms with E-state index in [2.05, 4.69) is 67.4 Å². The minimum absolute atomic E-state index is 0.238. The van der Waals surface area contributed by atoms with Crippen molar-refractivity contribution < 1.29 is 19.1 Å². The fraction of sp³-hybridized carbons (Fsp3) is 0.394. The van der Waals surface area contributed by atoms with Gasteiger partial charge in [-0.2, -0.15) is 0 Å². The van der Waals surface area contributed by atoms with Crippen molar-refractivity contribution in [3.8, 4) is 5.75 Å². The van der Waals surface area contributed by atoms with Crippen LogP contribution in [0.5, 0.6) is 5.75 Å². The van der Waals surface area contributed by atoms with E-state index in [4.69, 9.17) is 9.47 Å². The Morgan fingerprint density at radius 1 is 0.897 bits per heavy atom. The van der Waals surface area contributed by atoms with Gasteiger partial charge in [-0.1, -0.05) is 57.2 Å². The van der Waals surface area contributed by atoms with E-state index in [0.717, 1.165) is 31.6 Å². The quantitative estimate of drug-likeness (QED) is 0.165. The topological polar surface area (TPSA) is 67.9 Å². The number of ether oxygens (including phenoxy) is 2. The van der Waals surface area contributed by atoms with Crippen LogP contribution < -0.4 is 15.0 Å². The molecule has 39 heavy (non-hydrogen) atoms. The van der Waals surface area contributed by atoms with Gasteiger partial charge in [-0.15, -0.1) is 0 Å². The summed E-state index contributed by atoms with van der Waals surface area (Å²) in [7, 11) is 0. The molecule has 0 aliphatic heterocycles. The van der Waals surface area contributed by atoms with Crippen LogP contribution in [-0.4, -0.2) is 31.6 Å². The normalized spacial score (nSPS) is 10.8. The number of hydrogen-bond acceptors (Lipinski definition) is 5. The number of carbonyl (C=O) groups excluding carboxylic acids is 2. The number of nitrogens with zero attached hydrogens (tertiary/aromatic N) is 1. The molecule has 3 aromatic rings. The van der Waals surface area contributed by atoms with Crippen molar-refractivity contribution >= 4 is 23.3 Å². The van der Waals surface area contributed by atoms with Gasteiger partial charge in [-0.05, 0) is 79.6 Å². The van der Waals surface area contributed by atoms with Crippen LogP contribution in [0, 0.1) is 5.92 Å². The summed E-state index contributed by atoms with van der Waals surface area (Å²) in [6, 6.07) is 24.0. The predicted molar refractivity (Wildman–Crippen MR) is 159 cm³/mol. The van der Waals surface area contributed by atoms with Crippen LogP contribution >= 0.6 is 0 Å². The molecule has 0 saturated heterocycles. The van der Waals surface area contributed by atoms with E-state index in [0.29, 0.717) is 36.9 Å². The minimum atomic E-state index is -0.243. The molecule has 3 aromatic carbocycles. The van der Waals surface area contributed by atoms with Gasteiger partial charge < -0.3 is 19.7 Å². The lowest BCUT2D eigenvalue weighted by atomic mass is 10.0. The fourth-order valence-electron chi connectivity index (χ4n) is 4.41. The van der Waals surface area contributed by atoms with Crippen LogP contribution in [-0.2, 0) is 22.5 Å². The van der Waals surface area contributed by atoms with Crippen LogP contribution in [0.4, 0.5) is 11.4 Å². The zero-order chi connectivity index (χ0) is 28.0. The van der Waals surface area contributed by atoms with E-state index in [1.165, 1.54) is 16.8 Å². The highest BCUT2D eigenvalue weighted by Gasteiger charge is 2.13. The van der Waals surface area contributed by atoms with Gasteiger partial charge in [0.05, 0.1) is 18.8 Å². The third kappa shape index (κ3) is 9.78. The van der Waals surface area contributed by atoms with Gasteiger partial charge in [0, 0.05) is 30.9 Å². The maximum absolute atomic E-state index is 13.0. The van der Waals surface area contributed by atoms with E-state index in [1.54, 1.807) is 25.1 Å². The van der Waals surface area contributed by atoms with E-state index in [1.807, 2.05) is 18.2 Å². The maximum Gasteiger partial charge on any atom is 0.305 e. The molecule has 0 atom stereocenters. The molecule has 0 aliphatic rings. The third-order valence-electron chi connectivity index (χ3n) is 6.24. The van der Waals surface area contributed by atoms with Crippen molar-refractivity contribution in [3.05, 3.63) is 89.5 Å². The zero-order valence-corrected chi connectivity index (χ0v) is 23.7. The Hall–Kier alpha value is -3.80. The highest BCUT2D eigenvalue weighted by Crippen LogP contribution is 2.23. The molecule has 0 aromatic heterocycles. The molecule has 1 N–H and O–H groups in total. The van der Waals surface area contributed by atoms with E-state index < -0.39 is 0 Å². The smallest absolute Gasteiger partial charge is 0.305 e. The number of anilines is 2. The first-order valence-electron chi connectivity index (χ1n) is 14.0. The van der Waals surface area contributed by atoms with Crippen LogP contribution in [0.3, 0.4) is 0 Å². The Balaban J connectivity index is 1.59. The minimum Gasteiger partial charge on any atom is -0.493 e. The number of nitrogens with one attached hydrogen (secondary N) is 1. The summed E-state index contributed by atoms with van der Waals surface area (Å²) in [6.45, 7) is 10.9. The van der Waals surface area contributed by atoms with Gasteiger partial charge in [0.15, 0.2) is 0 Å². The zero-order valence-electron chi connectivity index (χ0n) is 23.7. The summed E-state index contributed by atoms with van der Waals surface area (Å²) in [4.78, 5) is 26.9. The molecule has 6 heteroatoms. The molecular weight excluding hydrogens is 488 g/mol. The lowest BCUT2D eigenvalue weighted by molar-refractivity contribution is -0.143. The SMILES string of the molecule is CCCN(Cc1ccc(NC(=O)c2ccccc2OCCCC(=O)OCC)cc1)c1ccc(CC(C)C)cc1. The monoisotopic (exact) mass is 530 g/mol. The van der Waals surface area contributed by atoms with E-state index >= 15 is 0 Å². The number of rotatable bonds is 15. The second kappa shape index (κ2) is 15.6. The highest BCUT2D eigenvalue weighted by molar-refractivity contribution is 6.06. The fourth-order valence-corrected chi connectivity index (χ4v) is 4.41. The summed E-state index contributed by atoms with van der Waals surface area (Å²) >= 11 is 0. The van der Waals surface area contributed by atoms with Crippen LogP contribution in [0.15, 0.2) is 72.8 Å². The summed E-state index contributed by atoms with van der Waals surface area (Å²) in [5.41, 5.74) is 4.95. The molecule has 0 saturated carbocycles. The summed E-state index contributed by atoms with van der Waals surface area (Å²) in [6.07, 6.45) is 2.96. The molecule has 0 heterocycles. The highest BCUT2D eigenvalue weighted by atomic mass is 16.5. The summed E-state index contributed by atoms with van der Waals surface area (Å²) in [5.74, 6) is 0.654. The van der Waals surface area contributed by atoms with Crippen LogP contribution in [0.1, 0.15) is 68.4 Å². The van der Waals surface area contributed by atoms with Crippen molar-refractivity contribution in [1.82, 2.24) is 0 Å². The van der Waals surface area contributed by atoms with Crippen molar-refractivity contribution in [2.75, 3.05) is 30.0 Å². The molecule has 0 spiro atoms. The lowest BCUT2D eigenvalue weighted by Gasteiger charge is -2.25. The first kappa shape index (κ1) is 29.8. The average Bonchev–Trinajstić information content (AvgIpc) is 2.92. The molecule has 0 bridgehead atoms. The van der Waals surface area contributed by atoms with Gasteiger partial charge in [-0.25, -0.2) is 0 Å². The number of carbonyl (C=O) groups is 2. The third-order valence-corrected chi connectivity index (χ3v) is 6.24. The van der Waals surface area contributed by atoms with E-state index in [9.17, 15) is 9.59 Å². The standard InChI is InChI=1S/C33H42N2O4/c1-5-21-35(29-19-15-26(16-20-29)23-25(3)4)24-27-13-17-28(18-14-27)34-33(37)30-10-7-8-11-31(30)39-22-9-12-32(36)38-6-2/h7-8,10-11,13-20,25H,5-6,9,12,21-24H2,1-4H3,(H,34,37). The molecule has 6 nitrogen and oxygen atoms in total. The number of para-hydroxylation sites is 1. The van der Waals surface area contributed by atoms with Gasteiger partial charge >= 0.3 is 5.97 Å². The van der Waals surface area contributed by atoms with Crippen molar-refractivity contribution in [2.45, 2.75) is 59.9 Å². The van der Waals surface area contributed by atoms with Crippen molar-refractivity contribution in [3.63, 3.8) is 0 Å². The molecule has 0 fully saturated rings. The number of benzene rings is 3. The summed E-state index contributed by atoms with van der Waals surface area (Å²) in [5, 5.41) is 2.98. The Kier molecular flexibility index (Phi) is 11.9. The van der Waals surface area contributed by atoms with Gasteiger partial charge in [0.1, 0.15) is 5.75 Å². The maximum atomic E-state index is 13.0. The molecule has 0 unspecified atom stereocenters. The molecule has 0 radical (unpaired) electrons. The van der Waals surface area contributed by atoms with Crippen molar-refractivity contribution in [2.24, 2.45) is 5.92 Å². The Morgan fingerprint density at radius 2 is 1.59 bits per heavy atom. The first-order chi connectivity index (χ1) is 18.9. The Labute approximate surface area is 233 Å². The number of hydrogen-bond donors (Lipinski definition) is 1. The molecule has 3 rings (SSSR count). The molecule has 0 aliphatic carbocycles. The summed E-state index contributed by atoms with van der Waals surface area (Å²) < 4.78 is 10.7. The number of amides is 1. The van der Waals surface area contributed by atoms with E-state index in [-0.39, 0.29) is 18.3 Å². The largest absolute Gasteiger partial charge is 0.493 e. The van der Waals surface area contributed by atoms with Crippen LogP contribution in [0.2, 0.25) is 0 Å². The predicted octanol–water partition coefficient (Wildman–Crippen LogP) is 7.28. The van der Waals surface area contributed by atoms with Gasteiger partial charge in [0.2, 0.25) is 0 Å². The van der Waals surface area contributed by atoms with Gasteiger partial charge in [-0.3, -0.25) is 9.59 Å².